The van der Waals surface area contributed by atoms with Crippen molar-refractivity contribution in [3.8, 4) is 5.88 Å². The molecule has 1 spiro atoms. The van der Waals surface area contributed by atoms with Crippen LogP contribution in [0.25, 0.3) is 0 Å². The van der Waals surface area contributed by atoms with Crippen molar-refractivity contribution in [2.24, 2.45) is 5.92 Å². The molecule has 1 unspecified atom stereocenters. The van der Waals surface area contributed by atoms with Gasteiger partial charge < -0.3 is 9.47 Å². The van der Waals surface area contributed by atoms with E-state index < -0.39 is 21.4 Å². The molecule has 2 aliphatic heterocycles. The first-order chi connectivity index (χ1) is 9.91. The van der Waals surface area contributed by atoms with Gasteiger partial charge in [0.05, 0.1) is 12.9 Å². The summed E-state index contributed by atoms with van der Waals surface area (Å²) in [6.07, 6.45) is 3.42. The summed E-state index contributed by atoms with van der Waals surface area (Å²) in [6, 6.07) is 2.79. The van der Waals surface area contributed by atoms with Crippen LogP contribution in [0.3, 0.4) is 0 Å². The van der Waals surface area contributed by atoms with Crippen LogP contribution in [0.5, 0.6) is 5.88 Å². The van der Waals surface area contributed by atoms with Gasteiger partial charge in [-0.15, -0.1) is 0 Å². The second kappa shape index (κ2) is 5.19. The molecule has 116 valence electrons. The van der Waals surface area contributed by atoms with Crippen LogP contribution in [0, 0.1) is 11.7 Å². The number of hydrogen-bond acceptors (Lipinski definition) is 5. The standard InChI is InChI=1S/C13H17FN2O4S/c1-21(17,18)16-8-13(9-16)10(4-6-20-13)7-19-12-11(14)3-2-5-15-12/h2-3,5,10H,4,6-9H2,1H3. The van der Waals surface area contributed by atoms with E-state index in [1.165, 1.54) is 28.9 Å². The summed E-state index contributed by atoms with van der Waals surface area (Å²) >= 11 is 0. The zero-order chi connectivity index (χ0) is 15.1. The Bertz CT molecular complexity index is 631. The van der Waals surface area contributed by atoms with Crippen molar-refractivity contribution in [1.29, 1.82) is 0 Å². The number of pyridine rings is 1. The Balaban J connectivity index is 1.63. The maximum absolute atomic E-state index is 13.5. The van der Waals surface area contributed by atoms with Gasteiger partial charge in [-0.3, -0.25) is 0 Å². The van der Waals surface area contributed by atoms with Crippen molar-refractivity contribution < 1.29 is 22.3 Å². The van der Waals surface area contributed by atoms with Gasteiger partial charge in [-0.05, 0) is 18.6 Å². The minimum Gasteiger partial charge on any atom is -0.475 e. The quantitative estimate of drug-likeness (QED) is 0.816. The second-order valence-electron chi connectivity index (χ2n) is 5.53. The normalized spacial score (nSPS) is 25.0. The molecule has 0 saturated carbocycles. The first kappa shape index (κ1) is 14.7. The maximum atomic E-state index is 13.5. The van der Waals surface area contributed by atoms with Crippen molar-refractivity contribution in [3.63, 3.8) is 0 Å². The van der Waals surface area contributed by atoms with Gasteiger partial charge in [0.15, 0.2) is 5.82 Å². The van der Waals surface area contributed by atoms with Crippen molar-refractivity contribution >= 4 is 10.0 Å². The van der Waals surface area contributed by atoms with Crippen LogP contribution < -0.4 is 4.74 Å². The summed E-state index contributed by atoms with van der Waals surface area (Å²) < 4.78 is 48.9. The van der Waals surface area contributed by atoms with Crippen LogP contribution >= 0.6 is 0 Å². The zero-order valence-electron chi connectivity index (χ0n) is 11.7. The number of sulfonamides is 1. The molecule has 3 heterocycles. The van der Waals surface area contributed by atoms with Gasteiger partial charge in [0.1, 0.15) is 5.60 Å². The average Bonchev–Trinajstić information content (AvgIpc) is 2.78. The van der Waals surface area contributed by atoms with E-state index in [0.29, 0.717) is 19.7 Å². The van der Waals surface area contributed by atoms with Gasteiger partial charge in [0, 0.05) is 31.8 Å². The first-order valence-corrected chi connectivity index (χ1v) is 8.58. The van der Waals surface area contributed by atoms with Crippen LogP contribution in [0.15, 0.2) is 18.3 Å². The fourth-order valence-electron chi connectivity index (χ4n) is 2.81. The largest absolute Gasteiger partial charge is 0.475 e. The van der Waals surface area contributed by atoms with E-state index >= 15 is 0 Å². The molecule has 0 bridgehead atoms. The molecule has 6 nitrogen and oxygen atoms in total. The fraction of sp³-hybridized carbons (Fsp3) is 0.615. The molecule has 0 aliphatic carbocycles. The highest BCUT2D eigenvalue weighted by Gasteiger charge is 2.55. The Kier molecular flexibility index (Phi) is 3.62. The van der Waals surface area contributed by atoms with E-state index in [2.05, 4.69) is 4.98 Å². The predicted molar refractivity (Wildman–Crippen MR) is 72.9 cm³/mol. The molecule has 0 radical (unpaired) electrons. The van der Waals surface area contributed by atoms with Crippen LogP contribution in [0.2, 0.25) is 0 Å². The SMILES string of the molecule is CS(=O)(=O)N1CC2(C1)OCCC2COc1ncccc1F. The van der Waals surface area contributed by atoms with Crippen LogP contribution in [0.4, 0.5) is 4.39 Å². The molecule has 0 aromatic carbocycles. The third kappa shape index (κ3) is 2.75. The molecule has 1 aromatic heterocycles. The second-order valence-corrected chi connectivity index (χ2v) is 7.51. The molecule has 8 heteroatoms. The number of ether oxygens (including phenoxy) is 2. The molecule has 3 rings (SSSR count). The highest BCUT2D eigenvalue weighted by Crippen LogP contribution is 2.41. The van der Waals surface area contributed by atoms with Gasteiger partial charge in [-0.2, -0.15) is 4.31 Å². The number of halogens is 1. The number of hydrogen-bond donors (Lipinski definition) is 0. The first-order valence-electron chi connectivity index (χ1n) is 6.73. The Morgan fingerprint density at radius 2 is 2.33 bits per heavy atom. The van der Waals surface area contributed by atoms with Crippen molar-refractivity contribution in [2.45, 2.75) is 12.0 Å². The Morgan fingerprint density at radius 3 is 3.00 bits per heavy atom. The molecule has 2 aliphatic rings. The maximum Gasteiger partial charge on any atom is 0.250 e. The van der Waals surface area contributed by atoms with E-state index in [4.69, 9.17) is 9.47 Å². The molecule has 0 N–H and O–H groups in total. The number of nitrogens with zero attached hydrogens (tertiary/aromatic N) is 2. The average molecular weight is 316 g/mol. The minimum absolute atomic E-state index is 0.0288. The van der Waals surface area contributed by atoms with Crippen LogP contribution in [-0.4, -0.2) is 55.9 Å². The van der Waals surface area contributed by atoms with Gasteiger partial charge in [0.25, 0.3) is 0 Å². The van der Waals surface area contributed by atoms with E-state index in [9.17, 15) is 12.8 Å². The van der Waals surface area contributed by atoms with Gasteiger partial charge in [-0.25, -0.2) is 17.8 Å². The lowest BCUT2D eigenvalue weighted by Gasteiger charge is -2.48. The Hall–Kier alpha value is -1.25. The highest BCUT2D eigenvalue weighted by molar-refractivity contribution is 7.88. The third-order valence-corrected chi connectivity index (χ3v) is 5.30. The zero-order valence-corrected chi connectivity index (χ0v) is 12.5. The van der Waals surface area contributed by atoms with Gasteiger partial charge in [-0.1, -0.05) is 0 Å². The number of rotatable bonds is 4. The molecule has 0 amide bonds. The van der Waals surface area contributed by atoms with Crippen molar-refractivity contribution in [3.05, 3.63) is 24.1 Å². The van der Waals surface area contributed by atoms with Gasteiger partial charge in [0.2, 0.25) is 15.9 Å². The monoisotopic (exact) mass is 316 g/mol. The van der Waals surface area contributed by atoms with E-state index in [0.717, 1.165) is 6.42 Å². The van der Waals surface area contributed by atoms with Crippen molar-refractivity contribution in [1.82, 2.24) is 9.29 Å². The molecule has 1 atom stereocenters. The summed E-state index contributed by atoms with van der Waals surface area (Å²) in [5, 5.41) is 0. The summed E-state index contributed by atoms with van der Waals surface area (Å²) in [5.74, 6) is -0.493. The summed E-state index contributed by atoms with van der Waals surface area (Å²) in [7, 11) is -3.19. The Morgan fingerprint density at radius 1 is 1.57 bits per heavy atom. The van der Waals surface area contributed by atoms with E-state index in [-0.39, 0.29) is 18.4 Å². The molecule has 2 fully saturated rings. The predicted octanol–water partition coefficient (Wildman–Crippen LogP) is 0.650. The lowest BCUT2D eigenvalue weighted by Crippen LogP contribution is -2.66. The van der Waals surface area contributed by atoms with Gasteiger partial charge >= 0.3 is 0 Å². The summed E-state index contributed by atoms with van der Waals surface area (Å²) in [5.41, 5.74) is -0.492. The highest BCUT2D eigenvalue weighted by atomic mass is 32.2. The lowest BCUT2D eigenvalue weighted by atomic mass is 9.83. The smallest absolute Gasteiger partial charge is 0.250 e. The number of aromatic nitrogens is 1. The third-order valence-electron chi connectivity index (χ3n) is 4.10. The minimum atomic E-state index is -3.19. The Labute approximate surface area is 122 Å². The van der Waals surface area contributed by atoms with Crippen LogP contribution in [-0.2, 0) is 14.8 Å². The lowest BCUT2D eigenvalue weighted by molar-refractivity contribution is -0.107. The van der Waals surface area contributed by atoms with Crippen molar-refractivity contribution in [2.75, 3.05) is 32.6 Å². The van der Waals surface area contributed by atoms with Crippen LogP contribution in [0.1, 0.15) is 6.42 Å². The van der Waals surface area contributed by atoms with E-state index in [1.54, 1.807) is 0 Å². The summed E-state index contributed by atoms with van der Waals surface area (Å²) in [6.45, 7) is 1.51. The molecule has 2 saturated heterocycles. The molecular formula is C13H17FN2O4S. The van der Waals surface area contributed by atoms with E-state index in [1.807, 2.05) is 0 Å². The summed E-state index contributed by atoms with van der Waals surface area (Å²) in [4.78, 5) is 3.84. The molecular weight excluding hydrogens is 299 g/mol. The fourth-order valence-corrected chi connectivity index (χ4v) is 3.72. The molecule has 1 aromatic rings. The topological polar surface area (TPSA) is 68.7 Å². The molecule has 21 heavy (non-hydrogen) atoms.